The first kappa shape index (κ1) is 53.2. The number of fused-ring (bicyclic) bond motifs is 2. The summed E-state index contributed by atoms with van der Waals surface area (Å²) in [5.74, 6) is -2.81. The molecule has 1 saturated carbocycles. The number of hydrogen-bond donors (Lipinski definition) is 5. The molecule has 3 fully saturated rings. The van der Waals surface area contributed by atoms with Gasteiger partial charge >= 0.3 is 0 Å². The van der Waals surface area contributed by atoms with Gasteiger partial charge in [-0.2, -0.15) is 0 Å². The Bertz CT molecular complexity index is 1920. The summed E-state index contributed by atoms with van der Waals surface area (Å²) in [6.07, 6.45) is 7.84. The van der Waals surface area contributed by atoms with E-state index >= 15 is 0 Å². The number of nitrogens with one attached hydrogen (secondary N) is 3. The molecule has 0 aromatic heterocycles. The largest absolute Gasteiger partial charge is 0.394 e. The molecule has 0 unspecified atom stereocenters. The van der Waals surface area contributed by atoms with Gasteiger partial charge in [-0.05, 0) is 93.9 Å². The number of benzene rings is 1. The summed E-state index contributed by atoms with van der Waals surface area (Å²) in [4.78, 5) is 98.6. The fraction of sp³-hybridized carbons (Fsp3) is 0.700. The summed E-state index contributed by atoms with van der Waals surface area (Å²) < 4.78 is 6.02. The van der Waals surface area contributed by atoms with Crippen molar-refractivity contribution in [3.8, 4) is 0 Å². The van der Waals surface area contributed by atoms with Crippen LogP contribution >= 0.6 is 0 Å². The third-order valence-electron chi connectivity index (χ3n) is 14.9. The van der Waals surface area contributed by atoms with Gasteiger partial charge in [0.2, 0.25) is 29.5 Å². The Morgan fingerprint density at radius 3 is 2.31 bits per heavy atom. The SMILES string of the molecule is CC[C@H](C)[C@@H]([C@@H](CC(=O)N1CCC[C@H]1[C@H](O)[C@@H](C)C(=O)N[C@H](CO)Cc1cccc(NC(=O)CCCCCN2C(=O)C=CC2=O)c1)OC)N(C)C(=O)[C@@H](NC(=O)[C@@H]1[C@H]2CC[C@H](C2)N1C)C(C)C. The Hall–Kier alpha value is -4.71. The molecule has 67 heavy (non-hydrogen) atoms. The number of carbonyl (C=O) groups is 7. The average molecular weight is 936 g/mol. The number of likely N-dealkylation sites (tertiary alicyclic amines) is 2. The Morgan fingerprint density at radius 2 is 1.69 bits per heavy atom. The molecule has 17 heteroatoms. The van der Waals surface area contributed by atoms with Crippen molar-refractivity contribution in [2.24, 2.45) is 23.7 Å². The minimum atomic E-state index is -1.20. The predicted octanol–water partition coefficient (Wildman–Crippen LogP) is 3.02. The maximum Gasteiger partial charge on any atom is 0.253 e. The molecule has 0 radical (unpaired) electrons. The lowest BCUT2D eigenvalue weighted by Gasteiger charge is -2.41. The predicted molar refractivity (Wildman–Crippen MR) is 253 cm³/mol. The van der Waals surface area contributed by atoms with Crippen LogP contribution in [0.15, 0.2) is 36.4 Å². The Labute approximate surface area is 396 Å². The van der Waals surface area contributed by atoms with Crippen molar-refractivity contribution in [2.45, 2.75) is 160 Å². The van der Waals surface area contributed by atoms with Crippen LogP contribution in [0.4, 0.5) is 5.69 Å². The summed E-state index contributed by atoms with van der Waals surface area (Å²) >= 11 is 0. The van der Waals surface area contributed by atoms with E-state index in [1.807, 2.05) is 40.8 Å². The number of hydrogen-bond acceptors (Lipinski definition) is 11. The van der Waals surface area contributed by atoms with Crippen LogP contribution in [0.5, 0.6) is 0 Å². The smallest absolute Gasteiger partial charge is 0.253 e. The molecule has 372 valence electrons. The normalized spacial score (nSPS) is 23.5. The molecule has 1 aromatic rings. The molecule has 17 nitrogen and oxygen atoms in total. The van der Waals surface area contributed by atoms with Crippen LogP contribution in [0.1, 0.15) is 111 Å². The molecule has 3 heterocycles. The van der Waals surface area contributed by atoms with Crippen LogP contribution in [0.2, 0.25) is 0 Å². The number of carbonyl (C=O) groups excluding carboxylic acids is 7. The second-order valence-corrected chi connectivity index (χ2v) is 19.8. The summed E-state index contributed by atoms with van der Waals surface area (Å²) in [5.41, 5.74) is 1.32. The Kier molecular flexibility index (Phi) is 19.5. The number of piperidine rings is 1. The van der Waals surface area contributed by atoms with Crippen molar-refractivity contribution < 1.29 is 48.5 Å². The zero-order valence-electron chi connectivity index (χ0n) is 40.9. The van der Waals surface area contributed by atoms with Gasteiger partial charge < -0.3 is 40.7 Å². The van der Waals surface area contributed by atoms with Gasteiger partial charge in [0, 0.05) is 57.5 Å². The fourth-order valence-corrected chi connectivity index (χ4v) is 10.7. The molecular formula is C50H77N7O10. The number of methoxy groups -OCH3 is 1. The number of aliphatic hydroxyl groups is 2. The van der Waals surface area contributed by atoms with Gasteiger partial charge in [-0.15, -0.1) is 0 Å². The maximum absolute atomic E-state index is 14.4. The van der Waals surface area contributed by atoms with E-state index in [2.05, 4.69) is 20.9 Å². The van der Waals surface area contributed by atoms with Gasteiger partial charge in [0.15, 0.2) is 0 Å². The minimum Gasteiger partial charge on any atom is -0.394 e. The lowest BCUT2D eigenvalue weighted by atomic mass is 9.89. The highest BCUT2D eigenvalue weighted by molar-refractivity contribution is 6.12. The standard InChI is InChI=1S/C50H77N7O10/c1-9-31(4)45(55(7)50(66)44(30(2)3)53-49(65)46-34-19-20-37(27-34)54(46)6)39(67-8)28-43(62)56-24-14-17-38(56)47(63)32(5)48(64)52-36(29-58)26-33-15-13-16-35(25-33)51-40(59)18-11-10-12-23-57-41(60)21-22-42(57)61/h13,15-16,21-22,25,30-32,34,36-39,44-47,58,63H,9-12,14,17-20,23-24,26-29H2,1-8H3,(H,51,59)(H,52,64)(H,53,65)/t31-,32+,34-,36-,37+,38-,39+,44-,45-,46-,47+/m0/s1. The number of nitrogens with zero attached hydrogens (tertiary/aromatic N) is 4. The van der Waals surface area contributed by atoms with Gasteiger partial charge in [-0.25, -0.2) is 0 Å². The number of rotatable bonds is 25. The summed E-state index contributed by atoms with van der Waals surface area (Å²) in [6.45, 7) is 9.81. The highest BCUT2D eigenvalue weighted by Gasteiger charge is 2.49. The number of unbranched alkanes of at least 4 members (excludes halogenated alkanes) is 2. The van der Waals surface area contributed by atoms with Gasteiger partial charge in [0.1, 0.15) is 6.04 Å². The molecule has 1 aliphatic carbocycles. The molecule has 3 aliphatic heterocycles. The van der Waals surface area contributed by atoms with Crippen molar-refractivity contribution in [3.63, 3.8) is 0 Å². The van der Waals surface area contributed by atoms with Gasteiger partial charge in [-0.3, -0.25) is 43.4 Å². The van der Waals surface area contributed by atoms with Crippen molar-refractivity contribution in [1.29, 1.82) is 0 Å². The second-order valence-electron chi connectivity index (χ2n) is 19.8. The molecular weight excluding hydrogens is 859 g/mol. The van der Waals surface area contributed by atoms with Crippen molar-refractivity contribution >= 4 is 47.0 Å². The minimum absolute atomic E-state index is 0.0586. The summed E-state index contributed by atoms with van der Waals surface area (Å²) in [7, 11) is 5.24. The lowest BCUT2D eigenvalue weighted by molar-refractivity contribution is -0.147. The van der Waals surface area contributed by atoms with Crippen LogP contribution in [-0.2, 0) is 44.7 Å². The number of imide groups is 1. The monoisotopic (exact) mass is 936 g/mol. The number of anilines is 1. The number of aliphatic hydroxyl groups excluding tert-OH is 2. The first-order chi connectivity index (χ1) is 31.9. The maximum atomic E-state index is 14.4. The van der Waals surface area contributed by atoms with E-state index < -0.39 is 48.2 Å². The molecule has 7 amide bonds. The van der Waals surface area contributed by atoms with E-state index in [1.165, 1.54) is 24.2 Å². The highest BCUT2D eigenvalue weighted by Crippen LogP contribution is 2.41. The number of likely N-dealkylation sites (N-methyl/N-ethyl adjacent to an activating group) is 2. The van der Waals surface area contributed by atoms with Crippen LogP contribution in [0, 0.1) is 23.7 Å². The topological polar surface area (TPSA) is 218 Å². The molecule has 0 spiro atoms. The quantitative estimate of drug-likeness (QED) is 0.0710. The fourth-order valence-electron chi connectivity index (χ4n) is 10.7. The van der Waals surface area contributed by atoms with Crippen LogP contribution < -0.4 is 16.0 Å². The van der Waals surface area contributed by atoms with E-state index in [4.69, 9.17) is 4.74 Å². The first-order valence-corrected chi connectivity index (χ1v) is 24.5. The van der Waals surface area contributed by atoms with Gasteiger partial charge in [-0.1, -0.05) is 59.6 Å². The first-order valence-electron chi connectivity index (χ1n) is 24.5. The van der Waals surface area contributed by atoms with E-state index in [9.17, 15) is 43.8 Å². The molecule has 4 aliphatic rings. The molecule has 1 aromatic carbocycles. The number of ether oxygens (including phenoxy) is 1. The molecule has 11 atom stereocenters. The average Bonchev–Trinajstić information content (AvgIpc) is 4.12. The molecule has 2 bridgehead atoms. The van der Waals surface area contributed by atoms with Crippen molar-refractivity contribution in [3.05, 3.63) is 42.0 Å². The molecule has 2 saturated heterocycles. The van der Waals surface area contributed by atoms with Gasteiger partial charge in [0.05, 0.1) is 55.3 Å². The van der Waals surface area contributed by atoms with E-state index in [0.717, 1.165) is 24.8 Å². The third kappa shape index (κ3) is 13.3. The number of amides is 7. The highest BCUT2D eigenvalue weighted by atomic mass is 16.5. The Balaban J connectivity index is 1.13. The van der Waals surface area contributed by atoms with Gasteiger partial charge in [0.25, 0.3) is 11.8 Å². The van der Waals surface area contributed by atoms with E-state index in [-0.39, 0.29) is 85.1 Å². The zero-order chi connectivity index (χ0) is 49.1. The molecule has 5 N–H and O–H groups in total. The Morgan fingerprint density at radius 1 is 0.970 bits per heavy atom. The van der Waals surface area contributed by atoms with Crippen LogP contribution in [-0.4, -0.2) is 161 Å². The third-order valence-corrected chi connectivity index (χ3v) is 14.9. The molecule has 5 rings (SSSR count). The lowest BCUT2D eigenvalue weighted by Crippen LogP contribution is -2.60. The van der Waals surface area contributed by atoms with Crippen LogP contribution in [0.3, 0.4) is 0 Å². The van der Waals surface area contributed by atoms with Crippen molar-refractivity contribution in [1.82, 2.24) is 30.2 Å². The van der Waals surface area contributed by atoms with E-state index in [0.29, 0.717) is 63.3 Å². The summed E-state index contributed by atoms with van der Waals surface area (Å²) in [6, 6.07) is 4.67. The van der Waals surface area contributed by atoms with E-state index in [1.54, 1.807) is 42.0 Å². The zero-order valence-corrected chi connectivity index (χ0v) is 40.9. The summed E-state index contributed by atoms with van der Waals surface area (Å²) in [5, 5.41) is 30.8. The van der Waals surface area contributed by atoms with Crippen LogP contribution in [0.25, 0.3) is 0 Å². The second kappa shape index (κ2) is 24.5. The van der Waals surface area contributed by atoms with Crippen molar-refractivity contribution in [2.75, 3.05) is 46.2 Å².